The minimum Gasteiger partial charge on any atom is -0.321 e. The molecule has 0 saturated carbocycles. The average molecular weight is 341 g/mol. The van der Waals surface area contributed by atoms with Crippen LogP contribution in [-0.4, -0.2) is 10.9 Å². The number of hydrogen-bond donors (Lipinski definition) is 1. The Bertz CT molecular complexity index is 830. The second kappa shape index (κ2) is 5.66. The van der Waals surface area contributed by atoms with Gasteiger partial charge in [-0.15, -0.1) is 0 Å². The molecule has 0 spiro atoms. The Morgan fingerprint density at radius 2 is 1.90 bits per heavy atom. The van der Waals surface area contributed by atoms with E-state index in [0.29, 0.717) is 5.56 Å². The molecule has 0 saturated heterocycles. The molecule has 1 N–H and O–H groups in total. The maximum absolute atomic E-state index is 12.4. The number of benzene rings is 2. The highest BCUT2D eigenvalue weighted by atomic mass is 79.9. The number of nitrogens with zero attached hydrogens (tertiary/aromatic N) is 1. The third-order valence-corrected chi connectivity index (χ3v) is 3.67. The molecule has 3 aromatic rings. The van der Waals surface area contributed by atoms with E-state index in [4.69, 9.17) is 0 Å². The van der Waals surface area contributed by atoms with E-state index in [1.54, 1.807) is 12.1 Å². The average Bonchev–Trinajstić information content (AvgIpc) is 2.47. The molecule has 21 heavy (non-hydrogen) atoms. The Kier molecular flexibility index (Phi) is 3.71. The number of fused-ring (bicyclic) bond motifs is 1. The van der Waals surface area contributed by atoms with Crippen LogP contribution < -0.4 is 5.32 Å². The summed E-state index contributed by atoms with van der Waals surface area (Å²) in [6.45, 7) is 1.92. The normalized spacial score (nSPS) is 10.6. The SMILES string of the molecule is Cc1cc(NC(=O)c2cccc(Br)c2)c2ccccc2n1. The Morgan fingerprint density at radius 3 is 2.71 bits per heavy atom. The van der Waals surface area contributed by atoms with Gasteiger partial charge in [-0.25, -0.2) is 0 Å². The highest BCUT2D eigenvalue weighted by Crippen LogP contribution is 2.23. The zero-order valence-electron chi connectivity index (χ0n) is 11.4. The van der Waals surface area contributed by atoms with Crippen LogP contribution >= 0.6 is 15.9 Å². The smallest absolute Gasteiger partial charge is 0.255 e. The van der Waals surface area contributed by atoms with E-state index in [9.17, 15) is 4.79 Å². The number of aromatic nitrogens is 1. The van der Waals surface area contributed by atoms with Crippen molar-refractivity contribution in [1.29, 1.82) is 0 Å². The van der Waals surface area contributed by atoms with Crippen LogP contribution in [0.3, 0.4) is 0 Å². The fraction of sp³-hybridized carbons (Fsp3) is 0.0588. The van der Waals surface area contributed by atoms with E-state index >= 15 is 0 Å². The molecule has 4 heteroatoms. The van der Waals surface area contributed by atoms with Gasteiger partial charge in [0, 0.05) is 21.1 Å². The van der Waals surface area contributed by atoms with Crippen LogP contribution in [0.2, 0.25) is 0 Å². The summed E-state index contributed by atoms with van der Waals surface area (Å²) in [7, 11) is 0. The van der Waals surface area contributed by atoms with E-state index in [1.807, 2.05) is 49.4 Å². The second-order valence-electron chi connectivity index (χ2n) is 4.79. The summed E-state index contributed by atoms with van der Waals surface area (Å²) in [6, 6.07) is 17.0. The number of pyridine rings is 1. The molecule has 0 radical (unpaired) electrons. The number of anilines is 1. The zero-order valence-corrected chi connectivity index (χ0v) is 13.0. The first-order valence-corrected chi connectivity index (χ1v) is 7.36. The van der Waals surface area contributed by atoms with Crippen molar-refractivity contribution in [2.45, 2.75) is 6.92 Å². The van der Waals surface area contributed by atoms with Crippen molar-refractivity contribution < 1.29 is 4.79 Å². The summed E-state index contributed by atoms with van der Waals surface area (Å²) in [5.74, 6) is -0.132. The summed E-state index contributed by atoms with van der Waals surface area (Å²) >= 11 is 3.38. The molecule has 0 aliphatic heterocycles. The molecule has 0 bridgehead atoms. The summed E-state index contributed by atoms with van der Waals surface area (Å²) < 4.78 is 0.880. The number of carbonyl (C=O) groups excluding carboxylic acids is 1. The zero-order chi connectivity index (χ0) is 14.8. The lowest BCUT2D eigenvalue weighted by atomic mass is 10.1. The number of para-hydroxylation sites is 1. The van der Waals surface area contributed by atoms with E-state index < -0.39 is 0 Å². The summed E-state index contributed by atoms with van der Waals surface area (Å²) in [6.07, 6.45) is 0. The van der Waals surface area contributed by atoms with Crippen LogP contribution in [0.1, 0.15) is 16.1 Å². The van der Waals surface area contributed by atoms with Gasteiger partial charge in [-0.2, -0.15) is 0 Å². The molecule has 0 fully saturated rings. The van der Waals surface area contributed by atoms with Gasteiger partial charge in [0.05, 0.1) is 11.2 Å². The fourth-order valence-corrected chi connectivity index (χ4v) is 2.63. The van der Waals surface area contributed by atoms with Gasteiger partial charge in [0.1, 0.15) is 0 Å². The highest BCUT2D eigenvalue weighted by Gasteiger charge is 2.09. The molecule has 1 aromatic heterocycles. The van der Waals surface area contributed by atoms with E-state index in [1.165, 1.54) is 0 Å². The van der Waals surface area contributed by atoms with Crippen LogP contribution in [0.25, 0.3) is 10.9 Å². The molecule has 0 unspecified atom stereocenters. The fourth-order valence-electron chi connectivity index (χ4n) is 2.24. The van der Waals surface area contributed by atoms with E-state index in [2.05, 4.69) is 26.2 Å². The lowest BCUT2D eigenvalue weighted by Gasteiger charge is -2.10. The number of amides is 1. The van der Waals surface area contributed by atoms with Crippen LogP contribution in [0.15, 0.2) is 59.1 Å². The molecular weight excluding hydrogens is 328 g/mol. The predicted molar refractivity (Wildman–Crippen MR) is 88.6 cm³/mol. The molecule has 0 aliphatic carbocycles. The molecular formula is C17H13BrN2O. The van der Waals surface area contributed by atoms with Crippen LogP contribution in [0.4, 0.5) is 5.69 Å². The third-order valence-electron chi connectivity index (χ3n) is 3.18. The number of hydrogen-bond acceptors (Lipinski definition) is 2. The monoisotopic (exact) mass is 340 g/mol. The first kappa shape index (κ1) is 13.8. The molecule has 0 atom stereocenters. The minimum absolute atomic E-state index is 0.132. The van der Waals surface area contributed by atoms with Gasteiger partial charge in [-0.3, -0.25) is 9.78 Å². The first-order valence-electron chi connectivity index (χ1n) is 6.57. The van der Waals surface area contributed by atoms with Gasteiger partial charge >= 0.3 is 0 Å². The maximum Gasteiger partial charge on any atom is 0.255 e. The Morgan fingerprint density at radius 1 is 1.10 bits per heavy atom. The number of rotatable bonds is 2. The van der Waals surface area contributed by atoms with Gasteiger partial charge in [-0.1, -0.05) is 40.2 Å². The number of nitrogens with one attached hydrogen (secondary N) is 1. The first-order chi connectivity index (χ1) is 10.1. The lowest BCUT2D eigenvalue weighted by molar-refractivity contribution is 0.102. The molecule has 2 aromatic carbocycles. The van der Waals surface area contributed by atoms with Gasteiger partial charge < -0.3 is 5.32 Å². The number of aryl methyl sites for hydroxylation is 1. The molecule has 0 aliphatic rings. The van der Waals surface area contributed by atoms with Crippen molar-refractivity contribution in [3.05, 3.63) is 70.3 Å². The maximum atomic E-state index is 12.4. The van der Waals surface area contributed by atoms with Gasteiger partial charge in [0.15, 0.2) is 0 Å². The van der Waals surface area contributed by atoms with E-state index in [0.717, 1.165) is 26.8 Å². The standard InChI is InChI=1S/C17H13BrN2O/c1-11-9-16(14-7-2-3-8-15(14)19-11)20-17(21)12-5-4-6-13(18)10-12/h2-10H,1H3,(H,19,20,21). The van der Waals surface area contributed by atoms with Gasteiger partial charge in [0.2, 0.25) is 0 Å². The molecule has 3 nitrogen and oxygen atoms in total. The van der Waals surface area contributed by atoms with Gasteiger partial charge in [-0.05, 0) is 37.3 Å². The molecule has 1 amide bonds. The number of halogens is 1. The Labute approximate surface area is 131 Å². The lowest BCUT2D eigenvalue weighted by Crippen LogP contribution is -2.12. The molecule has 3 rings (SSSR count). The van der Waals surface area contributed by atoms with Crippen molar-refractivity contribution in [3.63, 3.8) is 0 Å². The van der Waals surface area contributed by atoms with Crippen LogP contribution in [0, 0.1) is 6.92 Å². The van der Waals surface area contributed by atoms with Crippen LogP contribution in [0.5, 0.6) is 0 Å². The van der Waals surface area contributed by atoms with Crippen LogP contribution in [-0.2, 0) is 0 Å². The summed E-state index contributed by atoms with van der Waals surface area (Å²) in [5.41, 5.74) is 3.14. The third kappa shape index (κ3) is 2.95. The van der Waals surface area contributed by atoms with Crippen molar-refractivity contribution in [1.82, 2.24) is 4.98 Å². The minimum atomic E-state index is -0.132. The van der Waals surface area contributed by atoms with Crippen molar-refractivity contribution in [2.75, 3.05) is 5.32 Å². The molecule has 1 heterocycles. The summed E-state index contributed by atoms with van der Waals surface area (Å²) in [5, 5.41) is 3.91. The van der Waals surface area contributed by atoms with Crippen molar-refractivity contribution in [3.8, 4) is 0 Å². The predicted octanol–water partition coefficient (Wildman–Crippen LogP) is 4.56. The molecule has 104 valence electrons. The largest absolute Gasteiger partial charge is 0.321 e. The van der Waals surface area contributed by atoms with Crippen molar-refractivity contribution >= 4 is 38.4 Å². The number of carbonyl (C=O) groups is 1. The summed E-state index contributed by atoms with van der Waals surface area (Å²) in [4.78, 5) is 16.8. The highest BCUT2D eigenvalue weighted by molar-refractivity contribution is 9.10. The Hall–Kier alpha value is -2.20. The topological polar surface area (TPSA) is 42.0 Å². The van der Waals surface area contributed by atoms with Crippen molar-refractivity contribution in [2.24, 2.45) is 0 Å². The second-order valence-corrected chi connectivity index (χ2v) is 5.71. The van der Waals surface area contributed by atoms with E-state index in [-0.39, 0.29) is 5.91 Å². The van der Waals surface area contributed by atoms with Gasteiger partial charge in [0.25, 0.3) is 5.91 Å². The Balaban J connectivity index is 2.00. The quantitative estimate of drug-likeness (QED) is 0.743.